The second-order valence-electron chi connectivity index (χ2n) is 8.67. The van der Waals surface area contributed by atoms with Crippen LogP contribution in [0.25, 0.3) is 0 Å². The fourth-order valence-electron chi connectivity index (χ4n) is 3.34. The van der Waals surface area contributed by atoms with E-state index in [1.165, 1.54) is 0 Å². The van der Waals surface area contributed by atoms with Crippen LogP contribution in [0.4, 0.5) is 34.6 Å². The summed E-state index contributed by atoms with van der Waals surface area (Å²) in [7, 11) is 0. The predicted octanol–water partition coefficient (Wildman–Crippen LogP) is 3.75. The standard InChI is InChI=1S/C21H33ClN8O/c1-11(2)17(10-31)25-21-26-19(24-16-8-14(22)7-15(23)9-16)18-20(27-21)30(13(5)6)28-29(18)12(3)4/h7-9,11-13,17,28,31H,10,23H2,1-6H3,(H2,24,25,26,27)/t17-/m0/s1. The van der Waals surface area contributed by atoms with Crippen LogP contribution in [0.15, 0.2) is 18.2 Å². The second kappa shape index (κ2) is 9.33. The average Bonchev–Trinajstić information content (AvgIpc) is 3.05. The molecule has 0 bridgehead atoms. The Hall–Kier alpha value is -2.49. The summed E-state index contributed by atoms with van der Waals surface area (Å²) in [6, 6.07) is 5.43. The van der Waals surface area contributed by atoms with E-state index in [1.54, 1.807) is 18.2 Å². The highest BCUT2D eigenvalue weighted by Crippen LogP contribution is 2.41. The molecule has 1 aliphatic rings. The van der Waals surface area contributed by atoms with Crippen molar-refractivity contribution in [2.45, 2.75) is 59.7 Å². The van der Waals surface area contributed by atoms with Crippen molar-refractivity contribution < 1.29 is 5.11 Å². The summed E-state index contributed by atoms with van der Waals surface area (Å²) in [5, 5.41) is 21.0. The van der Waals surface area contributed by atoms with Crippen LogP contribution in [0.5, 0.6) is 0 Å². The Bertz CT molecular complexity index is 900. The summed E-state index contributed by atoms with van der Waals surface area (Å²) < 4.78 is 0. The molecule has 10 heteroatoms. The molecular formula is C21H33ClN8O. The molecule has 0 saturated carbocycles. The number of nitrogen functional groups attached to an aromatic ring is 1. The summed E-state index contributed by atoms with van der Waals surface area (Å²) in [5.41, 5.74) is 11.5. The van der Waals surface area contributed by atoms with Crippen molar-refractivity contribution in [1.82, 2.24) is 15.5 Å². The van der Waals surface area contributed by atoms with Gasteiger partial charge in [0.05, 0.1) is 12.6 Å². The number of fused-ring (bicyclic) bond motifs is 1. The minimum absolute atomic E-state index is 0.0179. The van der Waals surface area contributed by atoms with Gasteiger partial charge in [-0.2, -0.15) is 9.97 Å². The first-order valence-corrected chi connectivity index (χ1v) is 11.0. The maximum Gasteiger partial charge on any atom is 0.227 e. The van der Waals surface area contributed by atoms with Crippen molar-refractivity contribution in [3.8, 4) is 0 Å². The van der Waals surface area contributed by atoms with E-state index in [0.717, 1.165) is 17.2 Å². The lowest BCUT2D eigenvalue weighted by atomic mass is 10.1. The molecule has 0 amide bonds. The van der Waals surface area contributed by atoms with Crippen LogP contribution in [0.2, 0.25) is 5.02 Å². The monoisotopic (exact) mass is 448 g/mol. The second-order valence-corrected chi connectivity index (χ2v) is 9.11. The molecule has 1 aromatic heterocycles. The van der Waals surface area contributed by atoms with Gasteiger partial charge < -0.3 is 21.5 Å². The van der Waals surface area contributed by atoms with Crippen LogP contribution in [-0.4, -0.2) is 39.8 Å². The first-order chi connectivity index (χ1) is 14.6. The molecule has 1 aromatic carbocycles. The Balaban J connectivity index is 2.13. The molecule has 0 fully saturated rings. The molecule has 0 aliphatic carbocycles. The van der Waals surface area contributed by atoms with Gasteiger partial charge in [-0.1, -0.05) is 25.4 Å². The zero-order valence-electron chi connectivity index (χ0n) is 18.9. The van der Waals surface area contributed by atoms with Crippen LogP contribution < -0.4 is 31.9 Å². The van der Waals surface area contributed by atoms with Gasteiger partial charge in [0.15, 0.2) is 11.6 Å². The van der Waals surface area contributed by atoms with Crippen molar-refractivity contribution in [2.75, 3.05) is 33.0 Å². The van der Waals surface area contributed by atoms with Gasteiger partial charge in [-0.3, -0.25) is 10.0 Å². The van der Waals surface area contributed by atoms with E-state index in [0.29, 0.717) is 22.5 Å². The SMILES string of the molecule is CC(C)[C@H](CO)Nc1nc(Nc2cc(N)cc(Cl)c2)c2c(n1)N(C(C)C)NN2C(C)C. The summed E-state index contributed by atoms with van der Waals surface area (Å²) >= 11 is 6.21. The molecule has 9 nitrogen and oxygen atoms in total. The number of benzene rings is 1. The highest BCUT2D eigenvalue weighted by atomic mass is 35.5. The number of nitrogens with two attached hydrogens (primary N) is 1. The fourth-order valence-corrected chi connectivity index (χ4v) is 3.59. The van der Waals surface area contributed by atoms with Gasteiger partial charge in [0.25, 0.3) is 0 Å². The Morgan fingerprint density at radius 1 is 1.06 bits per heavy atom. The first kappa shape index (κ1) is 23.2. The van der Waals surface area contributed by atoms with Crippen molar-refractivity contribution in [3.63, 3.8) is 0 Å². The summed E-state index contributed by atoms with van der Waals surface area (Å²) in [5.74, 6) is 2.00. The molecule has 31 heavy (non-hydrogen) atoms. The number of nitrogens with zero attached hydrogens (tertiary/aromatic N) is 4. The molecule has 2 heterocycles. The van der Waals surface area contributed by atoms with Crippen molar-refractivity contribution >= 4 is 46.2 Å². The van der Waals surface area contributed by atoms with E-state index in [9.17, 15) is 5.11 Å². The molecule has 170 valence electrons. The summed E-state index contributed by atoms with van der Waals surface area (Å²) in [4.78, 5) is 9.55. The highest BCUT2D eigenvalue weighted by molar-refractivity contribution is 6.31. The van der Waals surface area contributed by atoms with E-state index >= 15 is 0 Å². The zero-order chi connectivity index (χ0) is 22.9. The van der Waals surface area contributed by atoms with Crippen LogP contribution in [0.1, 0.15) is 41.5 Å². The number of aromatic nitrogens is 2. The number of halogens is 1. The molecule has 1 aliphatic heterocycles. The minimum Gasteiger partial charge on any atom is -0.399 e. The molecule has 1 atom stereocenters. The van der Waals surface area contributed by atoms with Gasteiger partial charge in [0.2, 0.25) is 5.95 Å². The molecule has 3 rings (SSSR count). The van der Waals surface area contributed by atoms with Crippen molar-refractivity contribution in [1.29, 1.82) is 0 Å². The number of hydrogen-bond acceptors (Lipinski definition) is 9. The van der Waals surface area contributed by atoms with E-state index < -0.39 is 0 Å². The minimum atomic E-state index is -0.171. The maximum atomic E-state index is 9.78. The van der Waals surface area contributed by atoms with Gasteiger partial charge in [-0.15, -0.1) is 5.53 Å². The third-order valence-electron chi connectivity index (χ3n) is 5.08. The number of rotatable bonds is 8. The maximum absolute atomic E-state index is 9.78. The van der Waals surface area contributed by atoms with Crippen LogP contribution in [-0.2, 0) is 0 Å². The Morgan fingerprint density at radius 3 is 2.29 bits per heavy atom. The molecule has 6 N–H and O–H groups in total. The van der Waals surface area contributed by atoms with Gasteiger partial charge >= 0.3 is 0 Å². The van der Waals surface area contributed by atoms with Crippen LogP contribution in [0.3, 0.4) is 0 Å². The Kier molecular flexibility index (Phi) is 6.98. The topological polar surface area (TPSA) is 115 Å². The fraction of sp³-hybridized carbons (Fsp3) is 0.524. The number of aliphatic hydroxyl groups is 1. The van der Waals surface area contributed by atoms with E-state index in [1.807, 2.05) is 23.9 Å². The highest BCUT2D eigenvalue weighted by Gasteiger charge is 2.35. The quantitative estimate of drug-likeness (QED) is 0.385. The molecule has 0 unspecified atom stereocenters. The Morgan fingerprint density at radius 2 is 1.74 bits per heavy atom. The number of nitrogens with one attached hydrogen (secondary N) is 3. The lowest BCUT2D eigenvalue weighted by Gasteiger charge is -2.27. The lowest BCUT2D eigenvalue weighted by molar-refractivity contribution is 0.248. The van der Waals surface area contributed by atoms with Crippen LogP contribution >= 0.6 is 11.6 Å². The third kappa shape index (κ3) is 5.06. The summed E-state index contributed by atoms with van der Waals surface area (Å²) in [6.07, 6.45) is 0. The zero-order valence-corrected chi connectivity index (χ0v) is 19.7. The Labute approximate surface area is 188 Å². The van der Waals surface area contributed by atoms with Crippen molar-refractivity contribution in [3.05, 3.63) is 23.2 Å². The number of anilines is 6. The molecule has 0 saturated heterocycles. The average molecular weight is 449 g/mol. The molecule has 0 radical (unpaired) electrons. The normalized spacial score (nSPS) is 14.5. The summed E-state index contributed by atoms with van der Waals surface area (Å²) in [6.45, 7) is 12.4. The smallest absolute Gasteiger partial charge is 0.227 e. The van der Waals surface area contributed by atoms with E-state index in [2.05, 4.69) is 43.9 Å². The molecule has 0 spiro atoms. The predicted molar refractivity (Wildman–Crippen MR) is 129 cm³/mol. The molecule has 2 aromatic rings. The largest absolute Gasteiger partial charge is 0.399 e. The number of hydrogen-bond donors (Lipinski definition) is 5. The van der Waals surface area contributed by atoms with E-state index in [4.69, 9.17) is 27.3 Å². The first-order valence-electron chi connectivity index (χ1n) is 10.6. The molecular weight excluding hydrogens is 416 g/mol. The van der Waals surface area contributed by atoms with Gasteiger partial charge in [-0.25, -0.2) is 0 Å². The van der Waals surface area contributed by atoms with Crippen LogP contribution in [0, 0.1) is 5.92 Å². The number of hydrazine groups is 2. The van der Waals surface area contributed by atoms with Gasteiger partial charge in [-0.05, 0) is 51.8 Å². The van der Waals surface area contributed by atoms with Gasteiger partial charge in [0, 0.05) is 28.5 Å². The van der Waals surface area contributed by atoms with Gasteiger partial charge in [0.1, 0.15) is 5.69 Å². The number of aliphatic hydroxyl groups excluding tert-OH is 1. The lowest BCUT2D eigenvalue weighted by Crippen LogP contribution is -2.50. The third-order valence-corrected chi connectivity index (χ3v) is 5.30. The van der Waals surface area contributed by atoms with E-state index in [-0.39, 0.29) is 30.7 Å². The van der Waals surface area contributed by atoms with Crippen molar-refractivity contribution in [2.24, 2.45) is 5.92 Å².